The third kappa shape index (κ3) is 3.34. The van der Waals surface area contributed by atoms with Crippen LogP contribution in [0.5, 0.6) is 5.75 Å². The third-order valence-corrected chi connectivity index (χ3v) is 4.40. The molecule has 21 heavy (non-hydrogen) atoms. The van der Waals surface area contributed by atoms with Crippen molar-refractivity contribution in [3.8, 4) is 5.75 Å². The van der Waals surface area contributed by atoms with Crippen molar-refractivity contribution < 1.29 is 13.2 Å². The van der Waals surface area contributed by atoms with E-state index in [1.165, 1.54) is 6.20 Å². The molecule has 0 aliphatic rings. The minimum Gasteiger partial charge on any atom is -0.494 e. The number of benzene rings is 1. The molecule has 0 saturated carbocycles. The fourth-order valence-electron chi connectivity index (χ4n) is 1.92. The van der Waals surface area contributed by atoms with E-state index >= 15 is 0 Å². The highest BCUT2D eigenvalue weighted by molar-refractivity contribution is 7.92. The van der Waals surface area contributed by atoms with E-state index in [1.54, 1.807) is 25.1 Å². The van der Waals surface area contributed by atoms with Gasteiger partial charge in [0.1, 0.15) is 10.6 Å². The number of H-pyrrole nitrogens is 1. The zero-order valence-corrected chi connectivity index (χ0v) is 12.7. The number of ether oxygens (including phenoxy) is 1. The molecule has 0 amide bonds. The van der Waals surface area contributed by atoms with Crippen molar-refractivity contribution in [3.05, 3.63) is 35.7 Å². The highest BCUT2D eigenvalue weighted by atomic mass is 32.2. The molecule has 0 unspecified atom stereocenters. The second kappa shape index (κ2) is 6.15. The van der Waals surface area contributed by atoms with Gasteiger partial charge in [-0.05, 0) is 32.0 Å². The van der Waals surface area contributed by atoms with E-state index in [2.05, 4.69) is 14.9 Å². The first-order valence-electron chi connectivity index (χ1n) is 6.46. The first kappa shape index (κ1) is 15.3. The van der Waals surface area contributed by atoms with Gasteiger partial charge in [-0.3, -0.25) is 9.82 Å². The summed E-state index contributed by atoms with van der Waals surface area (Å²) in [5, 5.41) is 6.32. The number of nitrogens with zero attached hydrogens (tertiary/aromatic N) is 1. The van der Waals surface area contributed by atoms with Gasteiger partial charge in [-0.15, -0.1) is 0 Å². The number of sulfonamides is 1. The summed E-state index contributed by atoms with van der Waals surface area (Å²) in [5.41, 5.74) is 7.31. The highest BCUT2D eigenvalue weighted by Crippen LogP contribution is 2.24. The monoisotopic (exact) mass is 310 g/mol. The second-order valence-corrected chi connectivity index (χ2v) is 6.08. The molecule has 0 fully saturated rings. The Morgan fingerprint density at radius 3 is 2.76 bits per heavy atom. The molecule has 0 aliphatic heterocycles. The number of aryl methyl sites for hydroxylation is 1. The summed E-state index contributed by atoms with van der Waals surface area (Å²) in [7, 11) is -3.68. The van der Waals surface area contributed by atoms with Crippen LogP contribution in [0.25, 0.3) is 0 Å². The predicted molar refractivity (Wildman–Crippen MR) is 79.6 cm³/mol. The average molecular weight is 310 g/mol. The molecule has 0 bridgehead atoms. The van der Waals surface area contributed by atoms with Gasteiger partial charge in [0.15, 0.2) is 0 Å². The van der Waals surface area contributed by atoms with Crippen molar-refractivity contribution in [2.24, 2.45) is 5.73 Å². The summed E-state index contributed by atoms with van der Waals surface area (Å²) < 4.78 is 32.5. The minimum absolute atomic E-state index is 0.116. The van der Waals surface area contributed by atoms with E-state index in [4.69, 9.17) is 10.5 Å². The Hall–Kier alpha value is -2.06. The number of anilines is 1. The summed E-state index contributed by atoms with van der Waals surface area (Å²) in [6.45, 7) is 4.30. The predicted octanol–water partition coefficient (Wildman–Crippen LogP) is 1.38. The van der Waals surface area contributed by atoms with Crippen molar-refractivity contribution in [1.29, 1.82) is 0 Å². The lowest BCUT2D eigenvalue weighted by atomic mass is 10.2. The molecule has 8 heteroatoms. The summed E-state index contributed by atoms with van der Waals surface area (Å²) in [5.74, 6) is 0.655. The van der Waals surface area contributed by atoms with Crippen LogP contribution in [-0.2, 0) is 16.6 Å². The molecule has 0 aliphatic carbocycles. The van der Waals surface area contributed by atoms with Crippen LogP contribution in [0.4, 0.5) is 5.69 Å². The summed E-state index contributed by atoms with van der Waals surface area (Å²) in [4.78, 5) is 0.116. The molecule has 0 spiro atoms. The fraction of sp³-hybridized carbons (Fsp3) is 0.308. The van der Waals surface area contributed by atoms with Gasteiger partial charge in [-0.2, -0.15) is 5.10 Å². The van der Waals surface area contributed by atoms with Crippen LogP contribution < -0.4 is 15.2 Å². The number of nitrogens with one attached hydrogen (secondary N) is 2. The Kier molecular flexibility index (Phi) is 4.49. The zero-order chi connectivity index (χ0) is 15.5. The maximum Gasteiger partial charge on any atom is 0.265 e. The Morgan fingerprint density at radius 1 is 1.43 bits per heavy atom. The van der Waals surface area contributed by atoms with Gasteiger partial charge in [0.2, 0.25) is 0 Å². The Balaban J connectivity index is 2.30. The van der Waals surface area contributed by atoms with Crippen LogP contribution in [0.2, 0.25) is 0 Å². The van der Waals surface area contributed by atoms with E-state index in [9.17, 15) is 8.42 Å². The van der Waals surface area contributed by atoms with Crippen molar-refractivity contribution in [2.75, 3.05) is 11.3 Å². The van der Waals surface area contributed by atoms with Crippen LogP contribution in [0, 0.1) is 6.92 Å². The molecule has 1 heterocycles. The number of aromatic nitrogens is 2. The van der Waals surface area contributed by atoms with Crippen LogP contribution in [-0.4, -0.2) is 25.2 Å². The lowest BCUT2D eigenvalue weighted by molar-refractivity contribution is 0.336. The van der Waals surface area contributed by atoms with Crippen molar-refractivity contribution in [2.45, 2.75) is 25.3 Å². The SMILES string of the molecule is CCOc1ccc(NS(=O)(=O)c2cn[nH]c2C)cc1CN. The fourth-order valence-corrected chi connectivity index (χ4v) is 3.11. The Bertz CT molecular complexity index is 725. The summed E-state index contributed by atoms with van der Waals surface area (Å²) >= 11 is 0. The number of aromatic amines is 1. The molecular formula is C13H18N4O3S. The Labute approximate surface area is 123 Å². The van der Waals surface area contributed by atoms with Gasteiger partial charge in [0.05, 0.1) is 18.5 Å². The van der Waals surface area contributed by atoms with Gasteiger partial charge < -0.3 is 10.5 Å². The zero-order valence-electron chi connectivity index (χ0n) is 11.9. The van der Waals surface area contributed by atoms with Crippen molar-refractivity contribution >= 4 is 15.7 Å². The molecule has 114 valence electrons. The lowest BCUT2D eigenvalue weighted by Crippen LogP contribution is -2.14. The summed E-state index contributed by atoms with van der Waals surface area (Å²) in [6, 6.07) is 5.00. The van der Waals surface area contributed by atoms with Crippen molar-refractivity contribution in [3.63, 3.8) is 0 Å². The highest BCUT2D eigenvalue weighted by Gasteiger charge is 2.19. The molecule has 2 aromatic rings. The maximum absolute atomic E-state index is 12.3. The van der Waals surface area contributed by atoms with Crippen LogP contribution in [0.3, 0.4) is 0 Å². The molecule has 0 saturated heterocycles. The van der Waals surface area contributed by atoms with Crippen LogP contribution >= 0.6 is 0 Å². The topological polar surface area (TPSA) is 110 Å². The van der Waals surface area contributed by atoms with Crippen LogP contribution in [0.1, 0.15) is 18.2 Å². The molecule has 2 rings (SSSR count). The van der Waals surface area contributed by atoms with Gasteiger partial charge >= 0.3 is 0 Å². The Morgan fingerprint density at radius 2 is 2.19 bits per heavy atom. The van der Waals surface area contributed by atoms with Gasteiger partial charge in [-0.25, -0.2) is 8.42 Å². The second-order valence-electron chi connectivity index (χ2n) is 4.42. The minimum atomic E-state index is -3.68. The number of nitrogens with two attached hydrogens (primary N) is 1. The molecule has 1 aromatic heterocycles. The normalized spacial score (nSPS) is 11.4. The van der Waals surface area contributed by atoms with Gasteiger partial charge in [0.25, 0.3) is 10.0 Å². The third-order valence-electron chi connectivity index (χ3n) is 2.91. The van der Waals surface area contributed by atoms with Crippen molar-refractivity contribution in [1.82, 2.24) is 10.2 Å². The van der Waals surface area contributed by atoms with Gasteiger partial charge in [-0.1, -0.05) is 0 Å². The molecule has 4 N–H and O–H groups in total. The number of rotatable bonds is 6. The quantitative estimate of drug-likeness (QED) is 0.746. The molecular weight excluding hydrogens is 292 g/mol. The largest absolute Gasteiger partial charge is 0.494 e. The van der Waals surface area contributed by atoms with E-state index in [0.29, 0.717) is 23.7 Å². The van der Waals surface area contributed by atoms with E-state index in [0.717, 1.165) is 5.56 Å². The first-order valence-corrected chi connectivity index (χ1v) is 7.94. The standard InChI is InChI=1S/C13H18N4O3S/c1-3-20-12-5-4-11(6-10(12)7-14)17-21(18,19)13-8-15-16-9(13)2/h4-6,8,17H,3,7,14H2,1-2H3,(H,15,16). The molecule has 1 aromatic carbocycles. The lowest BCUT2D eigenvalue weighted by Gasteiger charge is -2.12. The summed E-state index contributed by atoms with van der Waals surface area (Å²) in [6.07, 6.45) is 1.27. The molecule has 0 atom stereocenters. The van der Waals surface area contributed by atoms with Crippen LogP contribution in [0.15, 0.2) is 29.3 Å². The molecule has 0 radical (unpaired) electrons. The maximum atomic E-state index is 12.3. The first-order chi connectivity index (χ1) is 9.97. The van der Waals surface area contributed by atoms with E-state index in [1.807, 2.05) is 6.92 Å². The molecule has 7 nitrogen and oxygen atoms in total. The van der Waals surface area contributed by atoms with Gasteiger partial charge in [0, 0.05) is 17.8 Å². The van der Waals surface area contributed by atoms with E-state index < -0.39 is 10.0 Å². The number of hydrogen-bond acceptors (Lipinski definition) is 5. The van der Waals surface area contributed by atoms with E-state index in [-0.39, 0.29) is 11.4 Å². The number of hydrogen-bond donors (Lipinski definition) is 3. The average Bonchev–Trinajstić information content (AvgIpc) is 2.87. The smallest absolute Gasteiger partial charge is 0.265 e.